The predicted molar refractivity (Wildman–Crippen MR) is 103 cm³/mol. The number of nitrogens with zero attached hydrogens (tertiary/aromatic N) is 2. The van der Waals surface area contributed by atoms with Crippen molar-refractivity contribution in [1.29, 1.82) is 0 Å². The number of rotatable bonds is 8. The number of halogens is 1. The second-order valence-electron chi connectivity index (χ2n) is 5.62. The molecule has 0 bridgehead atoms. The molecule has 5 nitrogen and oxygen atoms in total. The summed E-state index contributed by atoms with van der Waals surface area (Å²) in [5.41, 5.74) is 1.65. The van der Waals surface area contributed by atoms with Crippen LogP contribution < -0.4 is 10.1 Å². The van der Waals surface area contributed by atoms with Crippen LogP contribution in [0.5, 0.6) is 11.6 Å². The molecule has 27 heavy (non-hydrogen) atoms. The van der Waals surface area contributed by atoms with Gasteiger partial charge in [-0.25, -0.2) is 9.37 Å². The topological polar surface area (TPSA) is 64.1 Å². The Labute approximate surface area is 161 Å². The van der Waals surface area contributed by atoms with Crippen LogP contribution in [0, 0.1) is 5.82 Å². The molecule has 0 fully saturated rings. The van der Waals surface area contributed by atoms with Crippen LogP contribution in [0.3, 0.4) is 0 Å². The summed E-state index contributed by atoms with van der Waals surface area (Å²) in [6.07, 6.45) is 3.32. The molecule has 0 saturated carbocycles. The van der Waals surface area contributed by atoms with Gasteiger partial charge in [-0.2, -0.15) is 0 Å². The van der Waals surface area contributed by atoms with Gasteiger partial charge in [-0.3, -0.25) is 9.78 Å². The third kappa shape index (κ3) is 6.07. The molecule has 0 unspecified atom stereocenters. The first kappa shape index (κ1) is 18.8. The molecule has 2 aromatic heterocycles. The van der Waals surface area contributed by atoms with Crippen LogP contribution in [0.4, 0.5) is 4.39 Å². The Hall–Kier alpha value is -2.93. The lowest BCUT2D eigenvalue weighted by atomic mass is 10.2. The number of thioether (sulfide) groups is 1. The molecule has 138 valence electrons. The number of benzene rings is 1. The van der Waals surface area contributed by atoms with Crippen LogP contribution in [0.2, 0.25) is 0 Å². The molecule has 0 atom stereocenters. The molecule has 1 aromatic carbocycles. The Morgan fingerprint density at radius 3 is 2.78 bits per heavy atom. The van der Waals surface area contributed by atoms with E-state index in [4.69, 9.17) is 4.74 Å². The minimum absolute atomic E-state index is 0.0866. The van der Waals surface area contributed by atoms with E-state index in [1.54, 1.807) is 30.6 Å². The molecule has 7 heteroatoms. The summed E-state index contributed by atoms with van der Waals surface area (Å²) in [7, 11) is 0. The summed E-state index contributed by atoms with van der Waals surface area (Å²) in [5, 5.41) is 2.85. The quantitative estimate of drug-likeness (QED) is 0.638. The van der Waals surface area contributed by atoms with Crippen LogP contribution in [-0.4, -0.2) is 21.6 Å². The number of hydrogen-bond donors (Lipinski definition) is 1. The first-order valence-electron chi connectivity index (χ1n) is 8.32. The van der Waals surface area contributed by atoms with E-state index in [1.165, 1.54) is 23.9 Å². The third-order valence-corrected chi connectivity index (χ3v) is 4.51. The molecule has 3 rings (SSSR count). The largest absolute Gasteiger partial charge is 0.439 e. The zero-order valence-corrected chi connectivity index (χ0v) is 15.3. The maximum Gasteiger partial charge on any atom is 0.230 e. The standard InChI is InChI=1S/C20H18FN3O2S/c21-16-6-3-8-18(11-16)26-20-15(5-4-10-23-20)12-24-19(25)14-27-13-17-7-1-2-9-22-17/h1-11H,12-14H2,(H,24,25). The van der Waals surface area contributed by atoms with Crippen molar-refractivity contribution in [2.24, 2.45) is 0 Å². The smallest absolute Gasteiger partial charge is 0.230 e. The minimum atomic E-state index is -0.386. The average Bonchev–Trinajstić information content (AvgIpc) is 2.68. The molecule has 1 N–H and O–H groups in total. The van der Waals surface area contributed by atoms with Crippen LogP contribution in [0.25, 0.3) is 0 Å². The fourth-order valence-corrected chi connectivity index (χ4v) is 3.04. The zero-order valence-electron chi connectivity index (χ0n) is 14.5. The lowest BCUT2D eigenvalue weighted by Crippen LogP contribution is -2.25. The average molecular weight is 383 g/mol. The van der Waals surface area contributed by atoms with Crippen molar-refractivity contribution in [2.45, 2.75) is 12.3 Å². The van der Waals surface area contributed by atoms with Gasteiger partial charge in [0.25, 0.3) is 0 Å². The summed E-state index contributed by atoms with van der Waals surface area (Å²) in [5.74, 6) is 1.22. The van der Waals surface area contributed by atoms with Gasteiger partial charge in [0.2, 0.25) is 11.8 Å². The predicted octanol–water partition coefficient (Wildman–Crippen LogP) is 3.96. The number of aromatic nitrogens is 2. The first-order valence-corrected chi connectivity index (χ1v) is 9.48. The van der Waals surface area contributed by atoms with Crippen LogP contribution >= 0.6 is 11.8 Å². The Bertz CT molecular complexity index is 893. The highest BCUT2D eigenvalue weighted by atomic mass is 32.2. The molecular formula is C20H18FN3O2S. The molecule has 0 spiro atoms. The Morgan fingerprint density at radius 1 is 1.07 bits per heavy atom. The van der Waals surface area contributed by atoms with Crippen molar-refractivity contribution in [2.75, 3.05) is 5.75 Å². The van der Waals surface area contributed by atoms with Gasteiger partial charge >= 0.3 is 0 Å². The normalized spacial score (nSPS) is 10.4. The molecule has 2 heterocycles. The number of pyridine rings is 2. The molecule has 0 radical (unpaired) electrons. The minimum Gasteiger partial charge on any atom is -0.439 e. The van der Waals surface area contributed by atoms with Gasteiger partial charge < -0.3 is 10.1 Å². The van der Waals surface area contributed by atoms with Gasteiger partial charge in [0.1, 0.15) is 11.6 Å². The van der Waals surface area contributed by atoms with Gasteiger partial charge in [0, 0.05) is 36.3 Å². The van der Waals surface area contributed by atoms with E-state index in [-0.39, 0.29) is 18.3 Å². The van der Waals surface area contributed by atoms with Crippen LogP contribution in [0.1, 0.15) is 11.3 Å². The summed E-state index contributed by atoms with van der Waals surface area (Å²) in [6.45, 7) is 0.279. The van der Waals surface area contributed by atoms with Gasteiger partial charge in [-0.05, 0) is 30.3 Å². The number of ether oxygens (including phenoxy) is 1. The lowest BCUT2D eigenvalue weighted by molar-refractivity contribution is -0.118. The number of carbonyl (C=O) groups is 1. The second kappa shape index (κ2) is 9.68. The fourth-order valence-electron chi connectivity index (χ4n) is 2.27. The maximum absolute atomic E-state index is 13.3. The Kier molecular flexibility index (Phi) is 6.76. The van der Waals surface area contributed by atoms with Gasteiger partial charge in [0.05, 0.1) is 11.4 Å². The summed E-state index contributed by atoms with van der Waals surface area (Å²) in [4.78, 5) is 20.5. The van der Waals surface area contributed by atoms with Crippen molar-refractivity contribution in [3.63, 3.8) is 0 Å². The van der Waals surface area contributed by atoms with Crippen LogP contribution in [-0.2, 0) is 17.1 Å². The van der Waals surface area contributed by atoms with E-state index in [9.17, 15) is 9.18 Å². The first-order chi connectivity index (χ1) is 13.2. The second-order valence-corrected chi connectivity index (χ2v) is 6.60. The van der Waals surface area contributed by atoms with Crippen molar-refractivity contribution in [1.82, 2.24) is 15.3 Å². The van der Waals surface area contributed by atoms with Gasteiger partial charge in [-0.15, -0.1) is 11.8 Å². The fraction of sp³-hybridized carbons (Fsp3) is 0.150. The molecule has 0 saturated heterocycles. The number of carbonyl (C=O) groups excluding carboxylic acids is 1. The van der Waals surface area contributed by atoms with Crippen molar-refractivity contribution in [3.05, 3.63) is 84.1 Å². The van der Waals surface area contributed by atoms with Gasteiger partial charge in [0.15, 0.2) is 0 Å². The van der Waals surface area contributed by atoms with E-state index in [1.807, 2.05) is 24.3 Å². The highest BCUT2D eigenvalue weighted by molar-refractivity contribution is 7.99. The maximum atomic E-state index is 13.3. The summed E-state index contributed by atoms with van der Waals surface area (Å²) < 4.78 is 18.9. The highest BCUT2D eigenvalue weighted by Gasteiger charge is 2.09. The molecule has 3 aromatic rings. The zero-order chi connectivity index (χ0) is 18.9. The summed E-state index contributed by atoms with van der Waals surface area (Å²) >= 11 is 1.49. The molecule has 0 aliphatic carbocycles. The third-order valence-electron chi connectivity index (χ3n) is 3.55. The van der Waals surface area contributed by atoms with Gasteiger partial charge in [-0.1, -0.05) is 18.2 Å². The number of hydrogen-bond acceptors (Lipinski definition) is 5. The van der Waals surface area contributed by atoms with E-state index < -0.39 is 0 Å². The Balaban J connectivity index is 1.51. The van der Waals surface area contributed by atoms with E-state index >= 15 is 0 Å². The number of amides is 1. The molecule has 0 aliphatic rings. The molecule has 0 aliphatic heterocycles. The van der Waals surface area contributed by atoms with E-state index in [2.05, 4.69) is 15.3 Å². The van der Waals surface area contributed by atoms with Crippen molar-refractivity contribution < 1.29 is 13.9 Å². The SMILES string of the molecule is O=C(CSCc1ccccn1)NCc1cccnc1Oc1cccc(F)c1. The number of nitrogens with one attached hydrogen (secondary N) is 1. The van der Waals surface area contributed by atoms with E-state index in [0.717, 1.165) is 5.69 Å². The van der Waals surface area contributed by atoms with E-state index in [0.29, 0.717) is 28.7 Å². The summed E-state index contributed by atoms with van der Waals surface area (Å²) in [6, 6.07) is 15.1. The molecular weight excluding hydrogens is 365 g/mol. The molecule has 1 amide bonds. The van der Waals surface area contributed by atoms with Crippen molar-refractivity contribution in [3.8, 4) is 11.6 Å². The Morgan fingerprint density at radius 2 is 1.96 bits per heavy atom. The highest BCUT2D eigenvalue weighted by Crippen LogP contribution is 2.23. The monoisotopic (exact) mass is 383 g/mol. The van der Waals surface area contributed by atoms with Crippen LogP contribution in [0.15, 0.2) is 67.0 Å². The van der Waals surface area contributed by atoms with Crippen molar-refractivity contribution >= 4 is 17.7 Å². The lowest BCUT2D eigenvalue weighted by Gasteiger charge is -2.11.